The number of carbonyl (C=O) groups is 1. The minimum Gasteiger partial charge on any atom is -0.382 e. The molecule has 0 aliphatic rings. The first-order chi connectivity index (χ1) is 13.2. The topological polar surface area (TPSA) is 63.7 Å². The molecule has 0 N–H and O–H groups in total. The summed E-state index contributed by atoms with van der Waals surface area (Å²) in [6.45, 7) is 5.74. The summed E-state index contributed by atoms with van der Waals surface area (Å²) >= 11 is 12.1. The molecule has 1 amide bonds. The minimum atomic E-state index is -3.62. The van der Waals surface area contributed by atoms with Gasteiger partial charge in [-0.05, 0) is 56.2 Å². The average Bonchev–Trinajstić information content (AvgIpc) is 2.65. The molecule has 0 saturated heterocycles. The van der Waals surface area contributed by atoms with Crippen LogP contribution in [0.2, 0.25) is 10.0 Å². The molecule has 0 fully saturated rings. The molecular formula is C20H23Cl2NO4S. The van der Waals surface area contributed by atoms with Gasteiger partial charge in [-0.25, -0.2) is 0 Å². The van der Waals surface area contributed by atoms with Gasteiger partial charge >= 0.3 is 10.1 Å². The lowest BCUT2D eigenvalue weighted by Gasteiger charge is -2.29. The van der Waals surface area contributed by atoms with E-state index in [1.54, 1.807) is 35.2 Å². The molecule has 0 spiro atoms. The van der Waals surface area contributed by atoms with Crippen LogP contribution in [0.4, 0.5) is 0 Å². The van der Waals surface area contributed by atoms with Gasteiger partial charge in [0.25, 0.3) is 5.91 Å². The van der Waals surface area contributed by atoms with Crippen molar-refractivity contribution in [3.63, 3.8) is 0 Å². The summed E-state index contributed by atoms with van der Waals surface area (Å²) in [4.78, 5) is 14.8. The molecule has 1 unspecified atom stereocenters. The van der Waals surface area contributed by atoms with E-state index in [-0.39, 0.29) is 35.0 Å². The standard InChI is InChI=1S/C20H23Cl2NO4S/c1-4-14(3)23(20(24)18-10-9-16(21)12-19(18)22)13-15-7-6-8-17(11-15)27-28(25,26)5-2/h6-12,14H,4-5,13H2,1-3H3. The first kappa shape index (κ1) is 22.5. The molecule has 152 valence electrons. The van der Waals surface area contributed by atoms with Crippen molar-refractivity contribution in [2.24, 2.45) is 0 Å². The van der Waals surface area contributed by atoms with Gasteiger partial charge in [-0.1, -0.05) is 42.3 Å². The monoisotopic (exact) mass is 443 g/mol. The summed E-state index contributed by atoms with van der Waals surface area (Å²) in [6.07, 6.45) is 0.747. The normalized spacial score (nSPS) is 12.5. The Morgan fingerprint density at radius 2 is 1.86 bits per heavy atom. The maximum atomic E-state index is 13.1. The smallest absolute Gasteiger partial charge is 0.308 e. The molecule has 0 aromatic heterocycles. The van der Waals surface area contributed by atoms with Crippen molar-refractivity contribution in [2.75, 3.05) is 5.75 Å². The van der Waals surface area contributed by atoms with Crippen LogP contribution in [-0.4, -0.2) is 31.0 Å². The molecule has 2 aromatic rings. The van der Waals surface area contributed by atoms with Crippen molar-refractivity contribution in [2.45, 2.75) is 39.8 Å². The highest BCUT2D eigenvalue weighted by atomic mass is 35.5. The Morgan fingerprint density at radius 3 is 2.46 bits per heavy atom. The summed E-state index contributed by atoms with van der Waals surface area (Å²) < 4.78 is 28.5. The first-order valence-corrected chi connectivity index (χ1v) is 11.3. The second kappa shape index (κ2) is 9.63. The number of benzene rings is 2. The van der Waals surface area contributed by atoms with Crippen LogP contribution in [0.5, 0.6) is 5.75 Å². The highest BCUT2D eigenvalue weighted by molar-refractivity contribution is 7.87. The van der Waals surface area contributed by atoms with Crippen LogP contribution in [0.1, 0.15) is 43.1 Å². The van der Waals surface area contributed by atoms with E-state index >= 15 is 0 Å². The number of halogens is 2. The lowest BCUT2D eigenvalue weighted by atomic mass is 10.1. The number of rotatable bonds is 8. The molecule has 1 atom stereocenters. The van der Waals surface area contributed by atoms with Crippen molar-refractivity contribution in [1.82, 2.24) is 4.90 Å². The Balaban J connectivity index is 2.31. The van der Waals surface area contributed by atoms with Gasteiger partial charge in [0.1, 0.15) is 5.75 Å². The van der Waals surface area contributed by atoms with E-state index in [1.807, 2.05) is 19.9 Å². The number of amides is 1. The third-order valence-corrected chi connectivity index (χ3v) is 6.07. The summed E-state index contributed by atoms with van der Waals surface area (Å²) in [5.41, 5.74) is 1.12. The van der Waals surface area contributed by atoms with Gasteiger partial charge in [-0.15, -0.1) is 0 Å². The SMILES string of the molecule is CCC(C)N(Cc1cccc(OS(=O)(=O)CC)c1)C(=O)c1ccc(Cl)cc1Cl. The van der Waals surface area contributed by atoms with E-state index < -0.39 is 10.1 Å². The molecule has 0 bridgehead atoms. The fourth-order valence-corrected chi connectivity index (χ4v) is 3.57. The zero-order chi connectivity index (χ0) is 20.9. The Bertz CT molecular complexity index is 947. The molecule has 0 aliphatic carbocycles. The summed E-state index contributed by atoms with van der Waals surface area (Å²) in [6, 6.07) is 11.4. The molecule has 2 aromatic carbocycles. The maximum absolute atomic E-state index is 13.1. The van der Waals surface area contributed by atoms with E-state index in [1.165, 1.54) is 13.0 Å². The molecule has 0 saturated carbocycles. The predicted molar refractivity (Wildman–Crippen MR) is 113 cm³/mol. The second-order valence-corrected chi connectivity index (χ2v) is 9.09. The summed E-state index contributed by atoms with van der Waals surface area (Å²) in [7, 11) is -3.62. The quantitative estimate of drug-likeness (QED) is 0.528. The van der Waals surface area contributed by atoms with Gasteiger partial charge in [0.05, 0.1) is 16.3 Å². The van der Waals surface area contributed by atoms with Crippen molar-refractivity contribution in [3.8, 4) is 5.75 Å². The van der Waals surface area contributed by atoms with E-state index in [0.717, 1.165) is 12.0 Å². The number of nitrogens with zero attached hydrogens (tertiary/aromatic N) is 1. The van der Waals surface area contributed by atoms with Crippen LogP contribution >= 0.6 is 23.2 Å². The van der Waals surface area contributed by atoms with Crippen LogP contribution in [0.15, 0.2) is 42.5 Å². The van der Waals surface area contributed by atoms with Crippen LogP contribution < -0.4 is 4.18 Å². The van der Waals surface area contributed by atoms with E-state index in [9.17, 15) is 13.2 Å². The van der Waals surface area contributed by atoms with Crippen LogP contribution in [-0.2, 0) is 16.7 Å². The lowest BCUT2D eigenvalue weighted by Crippen LogP contribution is -2.38. The van der Waals surface area contributed by atoms with E-state index in [0.29, 0.717) is 10.6 Å². The van der Waals surface area contributed by atoms with Crippen LogP contribution in [0, 0.1) is 0 Å². The Hall–Kier alpha value is -1.76. The predicted octanol–water partition coefficient (Wildman–Crippen LogP) is 5.16. The molecule has 0 heterocycles. The van der Waals surface area contributed by atoms with Gasteiger partial charge in [0, 0.05) is 17.6 Å². The zero-order valence-electron chi connectivity index (χ0n) is 16.0. The van der Waals surface area contributed by atoms with Gasteiger partial charge in [-0.3, -0.25) is 4.79 Å². The molecule has 5 nitrogen and oxygen atoms in total. The largest absolute Gasteiger partial charge is 0.382 e. The fraction of sp³-hybridized carbons (Fsp3) is 0.350. The first-order valence-electron chi connectivity index (χ1n) is 8.94. The maximum Gasteiger partial charge on any atom is 0.308 e. The van der Waals surface area contributed by atoms with Gasteiger partial charge in [0.15, 0.2) is 0 Å². The molecular weight excluding hydrogens is 421 g/mol. The lowest BCUT2D eigenvalue weighted by molar-refractivity contribution is 0.0671. The molecule has 8 heteroatoms. The van der Waals surface area contributed by atoms with Crippen molar-refractivity contribution in [3.05, 3.63) is 63.6 Å². The third-order valence-electron chi connectivity index (χ3n) is 4.37. The Morgan fingerprint density at radius 1 is 1.14 bits per heavy atom. The highest BCUT2D eigenvalue weighted by Gasteiger charge is 2.23. The van der Waals surface area contributed by atoms with Gasteiger partial charge in [-0.2, -0.15) is 8.42 Å². The average molecular weight is 444 g/mol. The molecule has 0 aliphatic heterocycles. The third kappa shape index (κ3) is 5.87. The Kier molecular flexibility index (Phi) is 7.75. The number of carbonyl (C=O) groups excluding carboxylic acids is 1. The van der Waals surface area contributed by atoms with E-state index in [4.69, 9.17) is 27.4 Å². The minimum absolute atomic E-state index is 0.0526. The number of hydrogen-bond acceptors (Lipinski definition) is 4. The van der Waals surface area contributed by atoms with Gasteiger partial charge in [0.2, 0.25) is 0 Å². The summed E-state index contributed by atoms with van der Waals surface area (Å²) in [5, 5.41) is 0.746. The van der Waals surface area contributed by atoms with Crippen molar-refractivity contribution in [1.29, 1.82) is 0 Å². The molecule has 28 heavy (non-hydrogen) atoms. The Labute approximate surface area is 176 Å². The second-order valence-electron chi connectivity index (χ2n) is 6.39. The molecule has 0 radical (unpaired) electrons. The van der Waals surface area contributed by atoms with Crippen molar-refractivity contribution < 1.29 is 17.4 Å². The molecule has 2 rings (SSSR count). The fourth-order valence-electron chi connectivity index (χ4n) is 2.56. The van der Waals surface area contributed by atoms with E-state index in [2.05, 4.69) is 0 Å². The van der Waals surface area contributed by atoms with Gasteiger partial charge < -0.3 is 9.08 Å². The number of hydrogen-bond donors (Lipinski definition) is 0. The zero-order valence-corrected chi connectivity index (χ0v) is 18.3. The van der Waals surface area contributed by atoms with Crippen molar-refractivity contribution >= 4 is 39.2 Å². The highest BCUT2D eigenvalue weighted by Crippen LogP contribution is 2.25. The van der Waals surface area contributed by atoms with Crippen LogP contribution in [0.3, 0.4) is 0 Å². The van der Waals surface area contributed by atoms with Crippen LogP contribution in [0.25, 0.3) is 0 Å². The summed E-state index contributed by atoms with van der Waals surface area (Å²) in [5.74, 6) is -0.118.